The fraction of sp³-hybridized carbons (Fsp3) is 0.474. The van der Waals surface area contributed by atoms with Crippen molar-refractivity contribution in [1.82, 2.24) is 15.8 Å². The number of guanidine groups is 1. The number of methoxy groups -OCH3 is 1. The predicted molar refractivity (Wildman–Crippen MR) is 100 cm³/mol. The summed E-state index contributed by atoms with van der Waals surface area (Å²) in [5, 5.41) is 10.8. The van der Waals surface area contributed by atoms with Crippen LogP contribution in [0.1, 0.15) is 36.4 Å². The highest BCUT2D eigenvalue weighted by molar-refractivity contribution is 5.79. The summed E-state index contributed by atoms with van der Waals surface area (Å²) in [5.74, 6) is 2.60. The van der Waals surface area contributed by atoms with Crippen molar-refractivity contribution < 1.29 is 9.26 Å². The molecule has 2 aromatic rings. The van der Waals surface area contributed by atoms with Crippen molar-refractivity contribution in [3.63, 3.8) is 0 Å². The monoisotopic (exact) mass is 344 g/mol. The Labute approximate surface area is 149 Å². The van der Waals surface area contributed by atoms with E-state index in [1.165, 1.54) is 5.56 Å². The molecule has 0 amide bonds. The Bertz CT molecular complexity index is 656. The second-order valence-corrected chi connectivity index (χ2v) is 5.69. The van der Waals surface area contributed by atoms with Crippen LogP contribution in [0.25, 0.3) is 0 Å². The van der Waals surface area contributed by atoms with Gasteiger partial charge in [-0.25, -0.2) is 0 Å². The predicted octanol–water partition coefficient (Wildman–Crippen LogP) is 2.72. The van der Waals surface area contributed by atoms with Crippen LogP contribution in [-0.2, 0) is 25.8 Å². The molecule has 2 rings (SSSR count). The second-order valence-electron chi connectivity index (χ2n) is 5.69. The lowest BCUT2D eigenvalue weighted by molar-refractivity contribution is 0.380. The van der Waals surface area contributed by atoms with Crippen LogP contribution in [0.3, 0.4) is 0 Å². The van der Waals surface area contributed by atoms with Gasteiger partial charge in [0.05, 0.1) is 12.8 Å². The van der Waals surface area contributed by atoms with Gasteiger partial charge in [0.2, 0.25) is 0 Å². The van der Waals surface area contributed by atoms with E-state index in [4.69, 9.17) is 9.26 Å². The lowest BCUT2D eigenvalue weighted by Crippen LogP contribution is -2.38. The van der Waals surface area contributed by atoms with Gasteiger partial charge in [0.15, 0.2) is 5.96 Å². The lowest BCUT2D eigenvalue weighted by Gasteiger charge is -2.12. The second kappa shape index (κ2) is 9.71. The Balaban J connectivity index is 1.83. The van der Waals surface area contributed by atoms with Crippen molar-refractivity contribution in [1.29, 1.82) is 0 Å². The molecule has 6 heteroatoms. The topological polar surface area (TPSA) is 71.7 Å². The molecule has 1 aromatic carbocycles. The average molecular weight is 344 g/mol. The van der Waals surface area contributed by atoms with Crippen LogP contribution in [0.4, 0.5) is 0 Å². The Kier molecular flexibility index (Phi) is 7.32. The maximum absolute atomic E-state index is 5.40. The van der Waals surface area contributed by atoms with Crippen LogP contribution in [-0.4, -0.2) is 31.8 Å². The molecule has 0 bridgehead atoms. The van der Waals surface area contributed by atoms with E-state index in [1.54, 1.807) is 14.2 Å². The standard InChI is InChI=1S/C19H28N4O2/c1-5-17-16(18(6-2)25-23-17)13-22-19(20-3)21-12-11-14-7-9-15(24-4)10-8-14/h7-10H,5-6,11-13H2,1-4H3,(H2,20,21,22). The van der Waals surface area contributed by atoms with E-state index >= 15 is 0 Å². The Morgan fingerprint density at radius 2 is 1.92 bits per heavy atom. The third kappa shape index (κ3) is 5.24. The number of benzene rings is 1. The summed E-state index contributed by atoms with van der Waals surface area (Å²) in [6, 6.07) is 8.11. The van der Waals surface area contributed by atoms with Crippen LogP contribution < -0.4 is 15.4 Å². The van der Waals surface area contributed by atoms with Crippen molar-refractivity contribution in [3.8, 4) is 5.75 Å². The largest absolute Gasteiger partial charge is 0.497 e. The molecule has 136 valence electrons. The minimum atomic E-state index is 0.665. The zero-order chi connectivity index (χ0) is 18.1. The number of hydrogen-bond acceptors (Lipinski definition) is 4. The average Bonchev–Trinajstić information content (AvgIpc) is 3.07. The van der Waals surface area contributed by atoms with Gasteiger partial charge in [0.25, 0.3) is 0 Å². The molecule has 0 fully saturated rings. The van der Waals surface area contributed by atoms with Gasteiger partial charge in [-0.1, -0.05) is 31.1 Å². The summed E-state index contributed by atoms with van der Waals surface area (Å²) in [5.41, 5.74) is 3.41. The van der Waals surface area contributed by atoms with Crippen molar-refractivity contribution in [3.05, 3.63) is 46.8 Å². The molecule has 1 aromatic heterocycles. The molecule has 0 aliphatic heterocycles. The first-order valence-corrected chi connectivity index (χ1v) is 8.75. The molecule has 25 heavy (non-hydrogen) atoms. The quantitative estimate of drug-likeness (QED) is 0.569. The fourth-order valence-corrected chi connectivity index (χ4v) is 2.65. The number of nitrogens with one attached hydrogen (secondary N) is 2. The molecule has 0 saturated carbocycles. The van der Waals surface area contributed by atoms with Gasteiger partial charge in [-0.15, -0.1) is 0 Å². The molecule has 0 saturated heterocycles. The Hall–Kier alpha value is -2.50. The third-order valence-electron chi connectivity index (χ3n) is 4.13. The van der Waals surface area contributed by atoms with E-state index in [2.05, 4.69) is 46.8 Å². The van der Waals surface area contributed by atoms with E-state index in [0.29, 0.717) is 6.54 Å². The first kappa shape index (κ1) is 18.8. The van der Waals surface area contributed by atoms with Gasteiger partial charge in [-0.05, 0) is 30.5 Å². The Morgan fingerprint density at radius 1 is 1.16 bits per heavy atom. The minimum absolute atomic E-state index is 0.665. The van der Waals surface area contributed by atoms with Gasteiger partial charge < -0.3 is 19.9 Å². The van der Waals surface area contributed by atoms with Crippen LogP contribution in [0, 0.1) is 0 Å². The highest BCUT2D eigenvalue weighted by atomic mass is 16.5. The summed E-state index contributed by atoms with van der Waals surface area (Å²) >= 11 is 0. The molecule has 0 unspecified atom stereocenters. The fourth-order valence-electron chi connectivity index (χ4n) is 2.65. The zero-order valence-electron chi connectivity index (χ0n) is 15.6. The SMILES string of the molecule is CCc1noc(CC)c1CNC(=NC)NCCc1ccc(OC)cc1. The molecule has 6 nitrogen and oxygen atoms in total. The van der Waals surface area contributed by atoms with Crippen LogP contribution in [0.15, 0.2) is 33.8 Å². The molecule has 0 aliphatic carbocycles. The van der Waals surface area contributed by atoms with Crippen LogP contribution in [0.5, 0.6) is 5.75 Å². The van der Waals surface area contributed by atoms with Crippen molar-refractivity contribution in [2.45, 2.75) is 39.7 Å². The maximum Gasteiger partial charge on any atom is 0.191 e. The van der Waals surface area contributed by atoms with E-state index in [9.17, 15) is 0 Å². The summed E-state index contributed by atoms with van der Waals surface area (Å²) in [6.07, 6.45) is 2.62. The number of nitrogens with zero attached hydrogens (tertiary/aromatic N) is 2. The molecular formula is C19H28N4O2. The number of aromatic nitrogens is 1. The highest BCUT2D eigenvalue weighted by Gasteiger charge is 2.13. The molecule has 0 atom stereocenters. The first-order chi connectivity index (χ1) is 12.2. The summed E-state index contributed by atoms with van der Waals surface area (Å²) in [7, 11) is 3.45. The molecular weight excluding hydrogens is 316 g/mol. The van der Waals surface area contributed by atoms with Gasteiger partial charge >= 0.3 is 0 Å². The van der Waals surface area contributed by atoms with Crippen molar-refractivity contribution >= 4 is 5.96 Å². The van der Waals surface area contributed by atoms with E-state index < -0.39 is 0 Å². The summed E-state index contributed by atoms with van der Waals surface area (Å²) in [4.78, 5) is 4.28. The van der Waals surface area contributed by atoms with Gasteiger partial charge in [0, 0.05) is 32.1 Å². The first-order valence-electron chi connectivity index (χ1n) is 8.75. The van der Waals surface area contributed by atoms with E-state index in [1.807, 2.05) is 12.1 Å². The van der Waals surface area contributed by atoms with Crippen molar-refractivity contribution in [2.24, 2.45) is 4.99 Å². The number of ether oxygens (including phenoxy) is 1. The smallest absolute Gasteiger partial charge is 0.191 e. The molecule has 2 N–H and O–H groups in total. The maximum atomic E-state index is 5.40. The number of hydrogen-bond donors (Lipinski definition) is 2. The highest BCUT2D eigenvalue weighted by Crippen LogP contribution is 2.15. The summed E-state index contributed by atoms with van der Waals surface area (Å²) < 4.78 is 10.6. The third-order valence-corrected chi connectivity index (χ3v) is 4.13. The normalized spacial score (nSPS) is 11.4. The van der Waals surface area contributed by atoms with Crippen LogP contribution in [0.2, 0.25) is 0 Å². The molecule has 0 radical (unpaired) electrons. The van der Waals surface area contributed by atoms with E-state index in [-0.39, 0.29) is 0 Å². The van der Waals surface area contributed by atoms with Crippen LogP contribution >= 0.6 is 0 Å². The zero-order valence-corrected chi connectivity index (χ0v) is 15.6. The number of aliphatic imine (C=N–C) groups is 1. The van der Waals surface area contributed by atoms with Gasteiger partial charge in [0.1, 0.15) is 11.5 Å². The minimum Gasteiger partial charge on any atom is -0.497 e. The molecule has 0 aliphatic rings. The van der Waals surface area contributed by atoms with Crippen molar-refractivity contribution in [2.75, 3.05) is 20.7 Å². The summed E-state index contributed by atoms with van der Waals surface area (Å²) in [6.45, 7) is 5.63. The van der Waals surface area contributed by atoms with Gasteiger partial charge in [-0.2, -0.15) is 0 Å². The lowest BCUT2D eigenvalue weighted by atomic mass is 10.1. The Morgan fingerprint density at radius 3 is 2.52 bits per heavy atom. The number of rotatable bonds is 8. The molecule has 0 spiro atoms. The van der Waals surface area contributed by atoms with Gasteiger partial charge in [-0.3, -0.25) is 4.99 Å². The van der Waals surface area contributed by atoms with E-state index in [0.717, 1.165) is 54.5 Å². The number of aryl methyl sites for hydroxylation is 2. The molecule has 1 heterocycles.